The van der Waals surface area contributed by atoms with Gasteiger partial charge in [-0.15, -0.1) is 0 Å². The van der Waals surface area contributed by atoms with Crippen molar-refractivity contribution in [3.05, 3.63) is 47.7 Å². The Labute approximate surface area is 132 Å². The first-order valence-corrected chi connectivity index (χ1v) is 7.44. The zero-order valence-electron chi connectivity index (χ0n) is 12.6. The molecule has 0 aliphatic heterocycles. The summed E-state index contributed by atoms with van der Waals surface area (Å²) in [4.78, 5) is 16.7. The Hall–Kier alpha value is -2.96. The molecule has 1 aliphatic carbocycles. The van der Waals surface area contributed by atoms with Gasteiger partial charge >= 0.3 is 0 Å². The molecule has 0 saturated carbocycles. The molecule has 1 aliphatic rings. The summed E-state index contributed by atoms with van der Waals surface area (Å²) in [5.74, 6) is -0.184. The molecular weight excluding hydrogens is 294 g/mol. The van der Waals surface area contributed by atoms with Crippen molar-refractivity contribution in [3.8, 4) is 11.3 Å². The van der Waals surface area contributed by atoms with E-state index in [0.717, 1.165) is 30.5 Å². The van der Waals surface area contributed by atoms with E-state index in [9.17, 15) is 4.79 Å². The molecule has 0 saturated heterocycles. The van der Waals surface area contributed by atoms with Crippen LogP contribution in [0.4, 0.5) is 5.69 Å². The molecule has 3 aromatic heterocycles. The molecule has 0 atom stereocenters. The first-order chi connectivity index (χ1) is 11.2. The average molecular weight is 309 g/mol. The van der Waals surface area contributed by atoms with Gasteiger partial charge in [0.15, 0.2) is 0 Å². The highest BCUT2D eigenvalue weighted by Crippen LogP contribution is 2.23. The predicted octanol–water partition coefficient (Wildman–Crippen LogP) is 2.21. The summed E-state index contributed by atoms with van der Waals surface area (Å²) in [6.45, 7) is 0. The highest BCUT2D eigenvalue weighted by molar-refractivity contribution is 6.02. The van der Waals surface area contributed by atoms with Gasteiger partial charge in [-0.1, -0.05) is 5.16 Å². The summed E-state index contributed by atoms with van der Waals surface area (Å²) in [6.07, 6.45) is 8.31. The van der Waals surface area contributed by atoms with Crippen LogP contribution in [-0.2, 0) is 19.9 Å². The van der Waals surface area contributed by atoms with Crippen LogP contribution in [0.2, 0.25) is 0 Å². The van der Waals surface area contributed by atoms with E-state index >= 15 is 0 Å². The number of nitrogens with one attached hydrogen (secondary N) is 1. The van der Waals surface area contributed by atoms with Crippen LogP contribution in [0.1, 0.15) is 28.2 Å². The van der Waals surface area contributed by atoms with Crippen molar-refractivity contribution in [3.63, 3.8) is 0 Å². The Morgan fingerprint density at radius 2 is 2.22 bits per heavy atom. The topological polar surface area (TPSA) is 85.8 Å². The Kier molecular flexibility index (Phi) is 3.18. The third kappa shape index (κ3) is 2.61. The van der Waals surface area contributed by atoms with Crippen LogP contribution in [0.15, 0.2) is 35.2 Å². The number of aromatic nitrogens is 4. The lowest BCUT2D eigenvalue weighted by Gasteiger charge is -2.04. The SMILES string of the molecule is Cn1cc(-c2cc(C(=O)Nc3cnc4c(c3)CCC4)on2)cn1. The molecule has 3 heterocycles. The van der Waals surface area contributed by atoms with Crippen molar-refractivity contribution in [1.29, 1.82) is 0 Å². The second-order valence-electron chi connectivity index (χ2n) is 5.62. The number of fused-ring (bicyclic) bond motifs is 1. The maximum atomic E-state index is 12.3. The van der Waals surface area contributed by atoms with Gasteiger partial charge in [-0.2, -0.15) is 5.10 Å². The molecule has 7 nitrogen and oxygen atoms in total. The van der Waals surface area contributed by atoms with Crippen molar-refractivity contribution in [1.82, 2.24) is 19.9 Å². The normalized spacial score (nSPS) is 13.1. The van der Waals surface area contributed by atoms with Crippen LogP contribution < -0.4 is 5.32 Å². The molecule has 0 radical (unpaired) electrons. The van der Waals surface area contributed by atoms with Gasteiger partial charge in [0, 0.05) is 30.6 Å². The van der Waals surface area contributed by atoms with Crippen LogP contribution in [0.25, 0.3) is 11.3 Å². The lowest BCUT2D eigenvalue weighted by molar-refractivity contribution is 0.0988. The summed E-state index contributed by atoms with van der Waals surface area (Å²) < 4.78 is 6.80. The molecule has 0 bridgehead atoms. The van der Waals surface area contributed by atoms with E-state index in [4.69, 9.17) is 4.52 Å². The fraction of sp³-hybridized carbons (Fsp3) is 0.250. The number of carbonyl (C=O) groups is 1. The highest BCUT2D eigenvalue weighted by atomic mass is 16.5. The molecule has 0 spiro atoms. The van der Waals surface area contributed by atoms with Gasteiger partial charge in [0.25, 0.3) is 5.91 Å². The summed E-state index contributed by atoms with van der Waals surface area (Å²) in [5, 5.41) is 10.8. The number of carbonyl (C=O) groups excluding carboxylic acids is 1. The van der Waals surface area contributed by atoms with Crippen LogP contribution in [0, 0.1) is 0 Å². The maximum Gasteiger partial charge on any atom is 0.294 e. The van der Waals surface area contributed by atoms with E-state index < -0.39 is 0 Å². The third-order valence-corrected chi connectivity index (χ3v) is 3.91. The fourth-order valence-electron chi connectivity index (χ4n) is 2.76. The first kappa shape index (κ1) is 13.7. The molecule has 0 unspecified atom stereocenters. The minimum atomic E-state index is -0.340. The van der Waals surface area contributed by atoms with Gasteiger partial charge in [-0.3, -0.25) is 14.5 Å². The summed E-state index contributed by atoms with van der Waals surface area (Å²) >= 11 is 0. The van der Waals surface area contributed by atoms with E-state index in [1.165, 1.54) is 5.56 Å². The molecule has 23 heavy (non-hydrogen) atoms. The smallest absolute Gasteiger partial charge is 0.294 e. The third-order valence-electron chi connectivity index (χ3n) is 3.91. The second kappa shape index (κ2) is 5.35. The molecule has 116 valence electrons. The fourth-order valence-corrected chi connectivity index (χ4v) is 2.76. The van der Waals surface area contributed by atoms with E-state index in [1.54, 1.807) is 23.1 Å². The van der Waals surface area contributed by atoms with Crippen LogP contribution in [-0.4, -0.2) is 25.8 Å². The van der Waals surface area contributed by atoms with Crippen molar-refractivity contribution < 1.29 is 9.32 Å². The maximum absolute atomic E-state index is 12.3. The Morgan fingerprint density at radius 1 is 1.30 bits per heavy atom. The summed E-state index contributed by atoms with van der Waals surface area (Å²) in [5.41, 5.74) is 4.39. The minimum Gasteiger partial charge on any atom is -0.350 e. The lowest BCUT2D eigenvalue weighted by Crippen LogP contribution is -2.11. The second-order valence-corrected chi connectivity index (χ2v) is 5.62. The molecule has 0 aromatic carbocycles. The summed E-state index contributed by atoms with van der Waals surface area (Å²) in [6, 6.07) is 3.58. The highest BCUT2D eigenvalue weighted by Gasteiger charge is 2.17. The van der Waals surface area contributed by atoms with Gasteiger partial charge < -0.3 is 9.84 Å². The number of hydrogen-bond donors (Lipinski definition) is 1. The zero-order valence-corrected chi connectivity index (χ0v) is 12.6. The first-order valence-electron chi connectivity index (χ1n) is 7.44. The van der Waals surface area contributed by atoms with Gasteiger partial charge in [0.1, 0.15) is 5.69 Å². The standard InChI is InChI=1S/C16H15N5O2/c1-21-9-11(7-18-21)14-6-15(23-20-14)16(22)19-12-5-10-3-2-4-13(10)17-8-12/h5-9H,2-4H2,1H3,(H,19,22). The van der Waals surface area contributed by atoms with E-state index in [2.05, 4.69) is 20.6 Å². The quantitative estimate of drug-likeness (QED) is 0.801. The molecule has 0 fully saturated rings. The van der Waals surface area contributed by atoms with Crippen molar-refractivity contribution in [2.24, 2.45) is 7.05 Å². The molecular formula is C16H15N5O2. The van der Waals surface area contributed by atoms with Crippen LogP contribution in [0.5, 0.6) is 0 Å². The van der Waals surface area contributed by atoms with Gasteiger partial charge in [0.05, 0.1) is 18.1 Å². The Bertz CT molecular complexity index is 880. The molecule has 7 heteroatoms. The van der Waals surface area contributed by atoms with Crippen LogP contribution >= 0.6 is 0 Å². The average Bonchev–Trinajstić information content (AvgIpc) is 3.26. The lowest BCUT2D eigenvalue weighted by atomic mass is 10.2. The molecule has 1 amide bonds. The van der Waals surface area contributed by atoms with Crippen LogP contribution in [0.3, 0.4) is 0 Å². The number of pyridine rings is 1. The number of hydrogen-bond acceptors (Lipinski definition) is 5. The summed E-state index contributed by atoms with van der Waals surface area (Å²) in [7, 11) is 1.82. The molecule has 4 rings (SSSR count). The Morgan fingerprint density at radius 3 is 3.04 bits per heavy atom. The van der Waals surface area contributed by atoms with E-state index in [0.29, 0.717) is 11.4 Å². The van der Waals surface area contributed by atoms with Gasteiger partial charge in [0.2, 0.25) is 5.76 Å². The zero-order chi connectivity index (χ0) is 15.8. The number of rotatable bonds is 3. The minimum absolute atomic E-state index is 0.157. The van der Waals surface area contributed by atoms with Gasteiger partial charge in [-0.05, 0) is 30.9 Å². The largest absolute Gasteiger partial charge is 0.350 e. The monoisotopic (exact) mass is 309 g/mol. The van der Waals surface area contributed by atoms with E-state index in [-0.39, 0.29) is 11.7 Å². The number of anilines is 1. The van der Waals surface area contributed by atoms with E-state index in [1.807, 2.05) is 19.3 Å². The predicted molar refractivity (Wildman–Crippen MR) is 82.9 cm³/mol. The number of aryl methyl sites for hydroxylation is 3. The van der Waals surface area contributed by atoms with Gasteiger partial charge in [-0.25, -0.2) is 0 Å². The van der Waals surface area contributed by atoms with Crippen molar-refractivity contribution >= 4 is 11.6 Å². The Balaban J connectivity index is 1.52. The molecule has 1 N–H and O–H groups in total. The number of amides is 1. The van der Waals surface area contributed by atoms with Crippen molar-refractivity contribution in [2.75, 3.05) is 5.32 Å². The van der Waals surface area contributed by atoms with Crippen molar-refractivity contribution in [2.45, 2.75) is 19.3 Å². The number of nitrogens with zero attached hydrogens (tertiary/aromatic N) is 4. The molecule has 3 aromatic rings.